The molecule has 0 spiro atoms. The molecular weight excluding hydrogens is 278 g/mol. The molecule has 1 atom stereocenters. The summed E-state index contributed by atoms with van der Waals surface area (Å²) in [6.45, 7) is 0.472. The molecule has 1 aliphatic heterocycles. The zero-order valence-electron chi connectivity index (χ0n) is 11.1. The maximum absolute atomic E-state index is 12.3. The third-order valence-electron chi connectivity index (χ3n) is 3.01. The molecule has 1 fully saturated rings. The third kappa shape index (κ3) is 3.69. The van der Waals surface area contributed by atoms with Crippen LogP contribution < -0.4 is 11.1 Å². The maximum Gasteiger partial charge on any atom is 0.334 e. The first kappa shape index (κ1) is 14.8. The van der Waals surface area contributed by atoms with E-state index in [2.05, 4.69) is 5.32 Å². The van der Waals surface area contributed by atoms with Gasteiger partial charge in [-0.1, -0.05) is 6.07 Å². The zero-order chi connectivity index (χ0) is 15.4. The number of primary amides is 1. The summed E-state index contributed by atoms with van der Waals surface area (Å²) in [6, 6.07) is 5.55. The Morgan fingerprint density at radius 2 is 2.14 bits per heavy atom. The van der Waals surface area contributed by atoms with Crippen molar-refractivity contribution in [1.82, 2.24) is 4.90 Å². The van der Waals surface area contributed by atoms with E-state index in [9.17, 15) is 14.4 Å². The lowest BCUT2D eigenvalue weighted by Gasteiger charge is -2.31. The van der Waals surface area contributed by atoms with Crippen LogP contribution in [-0.4, -0.2) is 53.7 Å². The van der Waals surface area contributed by atoms with Crippen molar-refractivity contribution in [3.05, 3.63) is 29.8 Å². The summed E-state index contributed by atoms with van der Waals surface area (Å²) in [7, 11) is 0. The second-order valence-corrected chi connectivity index (χ2v) is 4.52. The van der Waals surface area contributed by atoms with Crippen molar-refractivity contribution >= 4 is 23.6 Å². The molecule has 0 radical (unpaired) electrons. The first-order chi connectivity index (χ1) is 9.97. The fourth-order valence-electron chi connectivity index (χ4n) is 2.04. The van der Waals surface area contributed by atoms with Gasteiger partial charge in [-0.2, -0.15) is 0 Å². The highest BCUT2D eigenvalue weighted by Crippen LogP contribution is 2.15. The van der Waals surface area contributed by atoms with Gasteiger partial charge in [0, 0.05) is 17.8 Å². The molecule has 112 valence electrons. The number of rotatable bonds is 3. The number of nitrogens with zero attached hydrogens (tertiary/aromatic N) is 1. The summed E-state index contributed by atoms with van der Waals surface area (Å²) in [5.41, 5.74) is 5.76. The molecule has 8 heteroatoms. The largest absolute Gasteiger partial charge is 0.479 e. The van der Waals surface area contributed by atoms with E-state index in [0.29, 0.717) is 17.8 Å². The fourth-order valence-corrected chi connectivity index (χ4v) is 2.04. The summed E-state index contributed by atoms with van der Waals surface area (Å²) in [4.78, 5) is 35.5. The molecule has 1 aromatic carbocycles. The number of ether oxygens (including phenoxy) is 1. The van der Waals surface area contributed by atoms with Crippen molar-refractivity contribution in [3.8, 4) is 0 Å². The summed E-state index contributed by atoms with van der Waals surface area (Å²) < 4.78 is 5.07. The van der Waals surface area contributed by atoms with Crippen LogP contribution >= 0.6 is 0 Å². The predicted octanol–water partition coefficient (Wildman–Crippen LogP) is 0.103. The van der Waals surface area contributed by atoms with Crippen LogP contribution in [0.4, 0.5) is 10.5 Å². The van der Waals surface area contributed by atoms with Gasteiger partial charge in [-0.3, -0.25) is 4.79 Å². The van der Waals surface area contributed by atoms with Crippen LogP contribution in [0.1, 0.15) is 10.4 Å². The highest BCUT2D eigenvalue weighted by Gasteiger charge is 2.29. The normalized spacial score (nSPS) is 18.1. The van der Waals surface area contributed by atoms with Gasteiger partial charge in [0.2, 0.25) is 0 Å². The summed E-state index contributed by atoms with van der Waals surface area (Å²) in [5, 5.41) is 11.3. The van der Waals surface area contributed by atoms with E-state index in [4.69, 9.17) is 15.6 Å². The van der Waals surface area contributed by atoms with Gasteiger partial charge in [-0.05, 0) is 18.2 Å². The van der Waals surface area contributed by atoms with Crippen molar-refractivity contribution < 1.29 is 24.2 Å². The highest BCUT2D eigenvalue weighted by molar-refractivity contribution is 5.97. The number of nitrogens with two attached hydrogens (primary N) is 1. The summed E-state index contributed by atoms with van der Waals surface area (Å²) in [5.74, 6) is -1.42. The van der Waals surface area contributed by atoms with Crippen molar-refractivity contribution in [2.45, 2.75) is 6.10 Å². The van der Waals surface area contributed by atoms with Gasteiger partial charge in [0.25, 0.3) is 5.91 Å². The number of hydrogen-bond donors (Lipinski definition) is 3. The number of amides is 3. The van der Waals surface area contributed by atoms with E-state index in [1.165, 1.54) is 11.0 Å². The van der Waals surface area contributed by atoms with Crippen LogP contribution in [0.3, 0.4) is 0 Å². The highest BCUT2D eigenvalue weighted by atomic mass is 16.5. The Balaban J connectivity index is 2.12. The summed E-state index contributed by atoms with van der Waals surface area (Å²) >= 11 is 0. The molecule has 21 heavy (non-hydrogen) atoms. The van der Waals surface area contributed by atoms with Crippen LogP contribution in [0.2, 0.25) is 0 Å². The van der Waals surface area contributed by atoms with E-state index < -0.39 is 18.1 Å². The van der Waals surface area contributed by atoms with Gasteiger partial charge in [0.15, 0.2) is 6.10 Å². The quantitative estimate of drug-likeness (QED) is 0.729. The number of morpholine rings is 1. The Labute approximate surface area is 120 Å². The van der Waals surface area contributed by atoms with Gasteiger partial charge < -0.3 is 25.8 Å². The van der Waals surface area contributed by atoms with E-state index in [-0.39, 0.29) is 19.1 Å². The molecule has 4 N–H and O–H groups in total. The molecule has 0 aliphatic carbocycles. The zero-order valence-corrected chi connectivity index (χ0v) is 11.1. The fraction of sp³-hybridized carbons (Fsp3) is 0.308. The molecule has 1 aromatic rings. The number of nitrogens with one attached hydrogen (secondary N) is 1. The van der Waals surface area contributed by atoms with Crippen molar-refractivity contribution in [1.29, 1.82) is 0 Å². The lowest BCUT2D eigenvalue weighted by molar-refractivity contribution is -0.154. The molecule has 0 saturated carbocycles. The van der Waals surface area contributed by atoms with Crippen LogP contribution in [0.5, 0.6) is 0 Å². The number of aliphatic carboxylic acids is 1. The van der Waals surface area contributed by atoms with Crippen LogP contribution in [0, 0.1) is 0 Å². The van der Waals surface area contributed by atoms with Gasteiger partial charge in [0.1, 0.15) is 0 Å². The Morgan fingerprint density at radius 1 is 1.38 bits per heavy atom. The molecule has 0 aromatic heterocycles. The molecule has 1 unspecified atom stereocenters. The monoisotopic (exact) mass is 293 g/mol. The Kier molecular flexibility index (Phi) is 4.39. The molecule has 3 amide bonds. The molecule has 2 rings (SSSR count). The van der Waals surface area contributed by atoms with E-state index in [1.54, 1.807) is 18.2 Å². The average Bonchev–Trinajstić information content (AvgIpc) is 2.46. The number of carboxylic acid groups (broad SMARTS) is 1. The number of carbonyl (C=O) groups is 3. The molecule has 8 nitrogen and oxygen atoms in total. The van der Waals surface area contributed by atoms with Gasteiger partial charge in [0.05, 0.1) is 13.2 Å². The second-order valence-electron chi connectivity index (χ2n) is 4.52. The third-order valence-corrected chi connectivity index (χ3v) is 3.01. The lowest BCUT2D eigenvalue weighted by Crippen LogP contribution is -2.48. The van der Waals surface area contributed by atoms with Crippen LogP contribution in [0.15, 0.2) is 24.3 Å². The van der Waals surface area contributed by atoms with Crippen LogP contribution in [-0.2, 0) is 9.53 Å². The minimum absolute atomic E-state index is 0.0123. The molecular formula is C13H15N3O5. The van der Waals surface area contributed by atoms with Gasteiger partial charge in [-0.25, -0.2) is 9.59 Å². The first-order valence-corrected chi connectivity index (χ1v) is 6.27. The molecule has 0 bridgehead atoms. The lowest BCUT2D eigenvalue weighted by atomic mass is 10.1. The number of urea groups is 1. The number of hydrogen-bond acceptors (Lipinski definition) is 4. The minimum atomic E-state index is -1.10. The number of benzene rings is 1. The molecule has 1 heterocycles. The van der Waals surface area contributed by atoms with Crippen LogP contribution in [0.25, 0.3) is 0 Å². The van der Waals surface area contributed by atoms with Crippen molar-refractivity contribution in [2.75, 3.05) is 25.0 Å². The van der Waals surface area contributed by atoms with Crippen molar-refractivity contribution in [2.24, 2.45) is 5.73 Å². The smallest absolute Gasteiger partial charge is 0.334 e. The predicted molar refractivity (Wildman–Crippen MR) is 72.9 cm³/mol. The SMILES string of the molecule is NC(=O)Nc1cccc(C(=O)N2CCOC(C(=O)O)C2)c1. The topological polar surface area (TPSA) is 122 Å². The number of carboxylic acids is 1. The van der Waals surface area contributed by atoms with Gasteiger partial charge >= 0.3 is 12.0 Å². The maximum atomic E-state index is 12.3. The second kappa shape index (κ2) is 6.23. The summed E-state index contributed by atoms with van der Waals surface area (Å²) in [6.07, 6.45) is -1.02. The van der Waals surface area contributed by atoms with Gasteiger partial charge in [-0.15, -0.1) is 0 Å². The van der Waals surface area contributed by atoms with E-state index in [0.717, 1.165) is 0 Å². The average molecular weight is 293 g/mol. The Bertz CT molecular complexity index is 575. The molecule has 1 aliphatic rings. The van der Waals surface area contributed by atoms with E-state index in [1.807, 2.05) is 0 Å². The van der Waals surface area contributed by atoms with Crippen molar-refractivity contribution in [3.63, 3.8) is 0 Å². The molecule has 1 saturated heterocycles. The standard InChI is InChI=1S/C13H15N3O5/c14-13(20)15-9-3-1-2-8(6-9)11(17)16-4-5-21-10(7-16)12(18)19/h1-3,6,10H,4-5,7H2,(H,18,19)(H3,14,15,20). The first-order valence-electron chi connectivity index (χ1n) is 6.27. The Morgan fingerprint density at radius 3 is 2.81 bits per heavy atom. The number of anilines is 1. The van der Waals surface area contributed by atoms with E-state index >= 15 is 0 Å². The Hall–Kier alpha value is -2.61. The minimum Gasteiger partial charge on any atom is -0.479 e. The number of carbonyl (C=O) groups excluding carboxylic acids is 2.